The van der Waals surface area contributed by atoms with Crippen molar-refractivity contribution in [2.45, 2.75) is 24.1 Å². The third-order valence-corrected chi connectivity index (χ3v) is 6.71. The highest BCUT2D eigenvalue weighted by Gasteiger charge is 2.59. The fourth-order valence-electron chi connectivity index (χ4n) is 4.94. The van der Waals surface area contributed by atoms with Gasteiger partial charge in [0.1, 0.15) is 5.75 Å². The number of benzene rings is 2. The minimum Gasteiger partial charge on any atom is -0.496 e. The Balaban J connectivity index is 2.07. The van der Waals surface area contributed by atoms with Gasteiger partial charge in [-0.25, -0.2) is 0 Å². The maximum Gasteiger partial charge on any atom is 0.254 e. The fourth-order valence-corrected chi connectivity index (χ4v) is 5.11. The number of carbonyl (C=O) groups excluding carboxylic acids is 2. The van der Waals surface area contributed by atoms with E-state index in [1.807, 2.05) is 37.2 Å². The van der Waals surface area contributed by atoms with Crippen molar-refractivity contribution in [1.29, 1.82) is 0 Å². The number of halogens is 1. The second kappa shape index (κ2) is 8.52. The van der Waals surface area contributed by atoms with E-state index in [9.17, 15) is 14.7 Å². The van der Waals surface area contributed by atoms with Crippen LogP contribution in [0.15, 0.2) is 36.4 Å². The van der Waals surface area contributed by atoms with Gasteiger partial charge in [-0.1, -0.05) is 11.6 Å². The zero-order valence-corrected chi connectivity index (χ0v) is 20.2. The number of aliphatic hydroxyl groups excluding tert-OH is 1. The number of aliphatic hydroxyl groups is 1. The highest BCUT2D eigenvalue weighted by atomic mass is 35.5. The SMILES string of the molecule is COc1ccc(N(C)C)cc1C1(N2CC(O)C[C@H]2C(=O)N(C)C)C(=O)Nc2ccc(Cl)cc21. The molecule has 9 heteroatoms. The normalized spacial score (nSPS) is 24.4. The Labute approximate surface area is 198 Å². The third kappa shape index (κ3) is 3.62. The lowest BCUT2D eigenvalue weighted by atomic mass is 9.80. The average Bonchev–Trinajstić information content (AvgIpc) is 3.29. The van der Waals surface area contributed by atoms with Gasteiger partial charge in [-0.15, -0.1) is 0 Å². The molecule has 0 aromatic heterocycles. The number of fused-ring (bicyclic) bond motifs is 1. The quantitative estimate of drug-likeness (QED) is 0.693. The summed E-state index contributed by atoms with van der Waals surface area (Å²) in [7, 11) is 8.72. The Morgan fingerprint density at radius 2 is 1.91 bits per heavy atom. The van der Waals surface area contributed by atoms with Crippen molar-refractivity contribution >= 4 is 34.8 Å². The lowest BCUT2D eigenvalue weighted by molar-refractivity contribution is -0.138. The summed E-state index contributed by atoms with van der Waals surface area (Å²) in [5.74, 6) is -0.00224. The first-order valence-corrected chi connectivity index (χ1v) is 11.1. The first-order chi connectivity index (χ1) is 15.6. The summed E-state index contributed by atoms with van der Waals surface area (Å²) in [6.07, 6.45) is -0.549. The van der Waals surface area contributed by atoms with Gasteiger partial charge in [-0.2, -0.15) is 0 Å². The molecule has 2 unspecified atom stereocenters. The Morgan fingerprint density at radius 1 is 1.18 bits per heavy atom. The van der Waals surface area contributed by atoms with Gasteiger partial charge in [0.2, 0.25) is 5.91 Å². The molecule has 2 aromatic carbocycles. The number of likely N-dealkylation sites (tertiary alicyclic amines) is 1. The molecule has 0 aliphatic carbocycles. The Hall–Kier alpha value is -2.81. The number of nitrogens with zero attached hydrogens (tertiary/aromatic N) is 3. The zero-order chi connectivity index (χ0) is 24.1. The molecule has 0 spiro atoms. The largest absolute Gasteiger partial charge is 0.496 e. The molecule has 2 aromatic rings. The second-order valence-electron chi connectivity index (χ2n) is 8.92. The number of β-amino-alcohol motifs (C(OH)–C–C–N with tert-alkyl or cyclic N) is 1. The minimum absolute atomic E-state index is 0.138. The van der Waals surface area contributed by atoms with Crippen LogP contribution in [0.25, 0.3) is 0 Å². The van der Waals surface area contributed by atoms with Crippen LogP contribution in [0.3, 0.4) is 0 Å². The van der Waals surface area contributed by atoms with E-state index in [0.717, 1.165) is 5.69 Å². The lowest BCUT2D eigenvalue weighted by Gasteiger charge is -2.42. The molecule has 176 valence electrons. The second-order valence-corrected chi connectivity index (χ2v) is 9.36. The van der Waals surface area contributed by atoms with Crippen LogP contribution >= 0.6 is 11.6 Å². The van der Waals surface area contributed by atoms with Crippen LogP contribution in [0.5, 0.6) is 5.75 Å². The summed E-state index contributed by atoms with van der Waals surface area (Å²) < 4.78 is 5.72. The van der Waals surface area contributed by atoms with E-state index in [-0.39, 0.29) is 24.8 Å². The molecule has 2 heterocycles. The predicted octanol–water partition coefficient (Wildman–Crippen LogP) is 2.13. The van der Waals surface area contributed by atoms with E-state index in [2.05, 4.69) is 5.32 Å². The molecule has 0 saturated carbocycles. The summed E-state index contributed by atoms with van der Waals surface area (Å²) in [6.45, 7) is 0.138. The molecule has 33 heavy (non-hydrogen) atoms. The smallest absolute Gasteiger partial charge is 0.254 e. The van der Waals surface area contributed by atoms with Crippen molar-refractivity contribution in [3.05, 3.63) is 52.5 Å². The number of likely N-dealkylation sites (N-methyl/N-ethyl adjacent to an activating group) is 1. The van der Waals surface area contributed by atoms with Crippen LogP contribution in [0, 0.1) is 0 Å². The number of ether oxygens (including phenoxy) is 1. The van der Waals surface area contributed by atoms with E-state index < -0.39 is 17.7 Å². The first-order valence-electron chi connectivity index (χ1n) is 10.7. The Kier molecular flexibility index (Phi) is 6.03. The van der Waals surface area contributed by atoms with Gasteiger partial charge in [-0.05, 0) is 42.8 Å². The monoisotopic (exact) mass is 472 g/mol. The predicted molar refractivity (Wildman–Crippen MR) is 128 cm³/mol. The molecular formula is C24H29ClN4O4. The van der Waals surface area contributed by atoms with Gasteiger partial charge >= 0.3 is 0 Å². The number of amides is 2. The van der Waals surface area contributed by atoms with E-state index in [1.54, 1.807) is 44.3 Å². The minimum atomic E-state index is -1.43. The maximum atomic E-state index is 14.0. The zero-order valence-electron chi connectivity index (χ0n) is 19.4. The molecule has 0 bridgehead atoms. The average molecular weight is 473 g/mol. The van der Waals surface area contributed by atoms with E-state index >= 15 is 0 Å². The number of hydrogen-bond acceptors (Lipinski definition) is 6. The molecule has 1 fully saturated rings. The van der Waals surface area contributed by atoms with Gasteiger partial charge in [0.15, 0.2) is 5.54 Å². The molecule has 2 amide bonds. The van der Waals surface area contributed by atoms with Crippen molar-refractivity contribution in [2.24, 2.45) is 0 Å². The number of rotatable bonds is 5. The Bertz CT molecular complexity index is 1110. The first kappa shape index (κ1) is 23.4. The van der Waals surface area contributed by atoms with Crippen molar-refractivity contribution in [2.75, 3.05) is 52.1 Å². The topological polar surface area (TPSA) is 85.3 Å². The van der Waals surface area contributed by atoms with E-state index in [0.29, 0.717) is 27.6 Å². The lowest BCUT2D eigenvalue weighted by Crippen LogP contribution is -2.57. The molecule has 2 aliphatic rings. The van der Waals surface area contributed by atoms with Gasteiger partial charge in [0.05, 0.1) is 19.3 Å². The fraction of sp³-hybridized carbons (Fsp3) is 0.417. The summed E-state index contributed by atoms with van der Waals surface area (Å²) >= 11 is 6.40. The van der Waals surface area contributed by atoms with Crippen LogP contribution < -0.4 is 15.0 Å². The standard InChI is InChI=1S/C24H29ClN4O4/c1-27(2)15-7-9-21(33-5)18(11-15)24(17-10-14(25)6-8-19(17)26-23(24)32)29-13-16(30)12-20(29)22(31)28(3)4/h6-11,16,20,30H,12-13H2,1-5H3,(H,26,32)/t16?,20-,24?/m0/s1. The molecule has 2 N–H and O–H groups in total. The van der Waals surface area contributed by atoms with Crippen LogP contribution in [0.1, 0.15) is 17.5 Å². The van der Waals surface area contributed by atoms with Crippen LogP contribution in [0.2, 0.25) is 5.02 Å². The van der Waals surface area contributed by atoms with Gasteiger partial charge in [0, 0.05) is 62.3 Å². The van der Waals surface area contributed by atoms with Crippen LogP contribution in [-0.2, 0) is 15.1 Å². The van der Waals surface area contributed by atoms with Crippen molar-refractivity contribution in [3.63, 3.8) is 0 Å². The molecule has 3 atom stereocenters. The third-order valence-electron chi connectivity index (χ3n) is 6.47. The molecule has 2 aliphatic heterocycles. The maximum absolute atomic E-state index is 14.0. The van der Waals surface area contributed by atoms with Crippen molar-refractivity contribution < 1.29 is 19.4 Å². The van der Waals surface area contributed by atoms with Gasteiger partial charge in [-0.3, -0.25) is 14.5 Å². The summed E-state index contributed by atoms with van der Waals surface area (Å²) in [5, 5.41) is 14.1. The number of carbonyl (C=O) groups is 2. The molecule has 1 saturated heterocycles. The number of anilines is 2. The molecule has 0 radical (unpaired) electrons. The molecule has 4 rings (SSSR count). The number of methoxy groups -OCH3 is 1. The van der Waals surface area contributed by atoms with Gasteiger partial charge < -0.3 is 25.0 Å². The molecular weight excluding hydrogens is 444 g/mol. The highest BCUT2D eigenvalue weighted by Crippen LogP contribution is 2.52. The van der Waals surface area contributed by atoms with E-state index in [4.69, 9.17) is 16.3 Å². The van der Waals surface area contributed by atoms with Crippen LogP contribution in [-0.4, -0.2) is 80.7 Å². The summed E-state index contributed by atoms with van der Waals surface area (Å²) in [6, 6.07) is 10.1. The molecule has 8 nitrogen and oxygen atoms in total. The van der Waals surface area contributed by atoms with E-state index in [1.165, 1.54) is 4.90 Å². The number of nitrogens with one attached hydrogen (secondary N) is 1. The highest BCUT2D eigenvalue weighted by molar-refractivity contribution is 6.31. The summed E-state index contributed by atoms with van der Waals surface area (Å²) in [4.78, 5) is 32.4. The van der Waals surface area contributed by atoms with Crippen molar-refractivity contribution in [1.82, 2.24) is 9.80 Å². The van der Waals surface area contributed by atoms with Crippen molar-refractivity contribution in [3.8, 4) is 5.75 Å². The van der Waals surface area contributed by atoms with Crippen LogP contribution in [0.4, 0.5) is 11.4 Å². The van der Waals surface area contributed by atoms with Gasteiger partial charge in [0.25, 0.3) is 5.91 Å². The Morgan fingerprint density at radius 3 is 2.55 bits per heavy atom. The number of hydrogen-bond donors (Lipinski definition) is 2. The summed E-state index contributed by atoms with van der Waals surface area (Å²) in [5.41, 5.74) is 1.26.